The van der Waals surface area contributed by atoms with Crippen LogP contribution >= 0.6 is 11.3 Å². The predicted octanol–water partition coefficient (Wildman–Crippen LogP) is 5.05. The molecule has 0 aliphatic carbocycles. The molecule has 1 aliphatic rings. The number of benzene rings is 2. The molecule has 0 radical (unpaired) electrons. The summed E-state index contributed by atoms with van der Waals surface area (Å²) in [5, 5.41) is 4.23. The molecule has 0 bridgehead atoms. The van der Waals surface area contributed by atoms with E-state index in [0.717, 1.165) is 36.6 Å². The highest BCUT2D eigenvalue weighted by atomic mass is 32.1. The SMILES string of the molecule is Cc1cc(C)c2nc(N3CCC[C@@H](C(=O)NC[C@H](C)c4ccccc4)C3)sc2c1. The lowest BCUT2D eigenvalue weighted by molar-refractivity contribution is -0.125. The van der Waals surface area contributed by atoms with E-state index in [-0.39, 0.29) is 11.8 Å². The molecule has 0 unspecified atom stereocenters. The lowest BCUT2D eigenvalue weighted by atomic mass is 9.96. The molecule has 5 heteroatoms. The van der Waals surface area contributed by atoms with Crippen molar-refractivity contribution in [3.05, 3.63) is 59.2 Å². The number of aryl methyl sites for hydroxylation is 2. The van der Waals surface area contributed by atoms with Crippen molar-refractivity contribution in [3.8, 4) is 0 Å². The maximum Gasteiger partial charge on any atom is 0.224 e. The van der Waals surface area contributed by atoms with E-state index < -0.39 is 0 Å². The number of fused-ring (bicyclic) bond motifs is 1. The predicted molar refractivity (Wildman–Crippen MR) is 122 cm³/mol. The molecular formula is C24H29N3OS. The van der Waals surface area contributed by atoms with Gasteiger partial charge in [-0.15, -0.1) is 0 Å². The van der Waals surface area contributed by atoms with Gasteiger partial charge >= 0.3 is 0 Å². The number of rotatable bonds is 5. The highest BCUT2D eigenvalue weighted by Gasteiger charge is 2.27. The zero-order valence-corrected chi connectivity index (χ0v) is 18.3. The molecule has 0 spiro atoms. The van der Waals surface area contributed by atoms with Gasteiger partial charge in [0.1, 0.15) is 0 Å². The van der Waals surface area contributed by atoms with Gasteiger partial charge in [0.15, 0.2) is 5.13 Å². The van der Waals surface area contributed by atoms with Crippen molar-refractivity contribution in [2.75, 3.05) is 24.5 Å². The van der Waals surface area contributed by atoms with E-state index in [2.05, 4.69) is 55.3 Å². The van der Waals surface area contributed by atoms with Crippen molar-refractivity contribution in [2.24, 2.45) is 5.92 Å². The highest BCUT2D eigenvalue weighted by Crippen LogP contribution is 2.33. The van der Waals surface area contributed by atoms with Gasteiger partial charge in [-0.05, 0) is 55.4 Å². The lowest BCUT2D eigenvalue weighted by Gasteiger charge is -2.32. The topological polar surface area (TPSA) is 45.2 Å². The summed E-state index contributed by atoms with van der Waals surface area (Å²) in [6.45, 7) is 8.82. The van der Waals surface area contributed by atoms with Crippen LogP contribution in [0.1, 0.15) is 42.4 Å². The first kappa shape index (κ1) is 19.9. The Labute approximate surface area is 177 Å². The number of piperidine rings is 1. The third kappa shape index (κ3) is 4.45. The smallest absolute Gasteiger partial charge is 0.224 e. The third-order valence-electron chi connectivity index (χ3n) is 5.83. The van der Waals surface area contributed by atoms with Gasteiger partial charge in [-0.3, -0.25) is 4.79 Å². The Hall–Kier alpha value is -2.40. The number of aromatic nitrogens is 1. The first-order valence-electron chi connectivity index (χ1n) is 10.5. The molecule has 4 rings (SSSR count). The van der Waals surface area contributed by atoms with E-state index in [4.69, 9.17) is 4.98 Å². The standard InChI is InChI=1S/C24H29N3OS/c1-16-12-17(2)22-21(13-16)29-24(26-22)27-11-7-10-20(15-27)23(28)25-14-18(3)19-8-5-4-6-9-19/h4-6,8-9,12-13,18,20H,7,10-11,14-15H2,1-3H3,(H,25,28)/t18-,20+/m0/s1. The molecule has 1 saturated heterocycles. The highest BCUT2D eigenvalue weighted by molar-refractivity contribution is 7.22. The summed E-state index contributed by atoms with van der Waals surface area (Å²) in [7, 11) is 0. The van der Waals surface area contributed by atoms with Crippen LogP contribution in [-0.2, 0) is 4.79 Å². The van der Waals surface area contributed by atoms with E-state index in [1.807, 2.05) is 18.2 Å². The minimum atomic E-state index is 0.0292. The van der Waals surface area contributed by atoms with Gasteiger partial charge in [0.25, 0.3) is 0 Å². The number of carbonyl (C=O) groups excluding carboxylic acids is 1. The molecule has 1 aliphatic heterocycles. The number of carbonyl (C=O) groups is 1. The quantitative estimate of drug-likeness (QED) is 0.644. The molecule has 4 nitrogen and oxygen atoms in total. The molecule has 1 amide bonds. The van der Waals surface area contributed by atoms with Crippen LogP contribution < -0.4 is 10.2 Å². The molecule has 2 heterocycles. The third-order valence-corrected chi connectivity index (χ3v) is 6.90. The second kappa shape index (κ2) is 8.54. The average molecular weight is 408 g/mol. The Morgan fingerprint density at radius 3 is 2.86 bits per heavy atom. The summed E-state index contributed by atoms with van der Waals surface area (Å²) >= 11 is 1.74. The normalized spacial score (nSPS) is 18.0. The number of amides is 1. The Bertz CT molecular complexity index is 998. The van der Waals surface area contributed by atoms with E-state index in [9.17, 15) is 4.79 Å². The Morgan fingerprint density at radius 2 is 2.07 bits per heavy atom. The van der Waals surface area contributed by atoms with Crippen LogP contribution in [-0.4, -0.2) is 30.5 Å². The largest absolute Gasteiger partial charge is 0.355 e. The van der Waals surface area contributed by atoms with E-state index in [0.29, 0.717) is 12.5 Å². The molecule has 152 valence electrons. The molecule has 1 N–H and O–H groups in total. The van der Waals surface area contributed by atoms with E-state index >= 15 is 0 Å². The van der Waals surface area contributed by atoms with Crippen LogP contribution in [0.4, 0.5) is 5.13 Å². The minimum absolute atomic E-state index is 0.0292. The van der Waals surface area contributed by atoms with Crippen LogP contribution in [0.5, 0.6) is 0 Å². The summed E-state index contributed by atoms with van der Waals surface area (Å²) in [6.07, 6.45) is 1.98. The molecular weight excluding hydrogens is 378 g/mol. The summed E-state index contributed by atoms with van der Waals surface area (Å²) in [4.78, 5) is 20.0. The molecule has 3 aromatic rings. The van der Waals surface area contributed by atoms with Crippen molar-refractivity contribution in [1.82, 2.24) is 10.3 Å². The summed E-state index contributed by atoms with van der Waals surface area (Å²) in [6, 6.07) is 14.8. The maximum absolute atomic E-state index is 12.8. The second-order valence-electron chi connectivity index (χ2n) is 8.27. The van der Waals surface area contributed by atoms with Crippen molar-refractivity contribution in [2.45, 2.75) is 39.5 Å². The Kier molecular flexibility index (Phi) is 5.86. The van der Waals surface area contributed by atoms with Gasteiger partial charge in [0.05, 0.1) is 16.1 Å². The van der Waals surface area contributed by atoms with E-state index in [1.54, 1.807) is 11.3 Å². The van der Waals surface area contributed by atoms with Gasteiger partial charge in [-0.2, -0.15) is 0 Å². The maximum atomic E-state index is 12.8. The van der Waals surface area contributed by atoms with Gasteiger partial charge in [-0.25, -0.2) is 4.98 Å². The number of thiazole rings is 1. The number of nitrogens with zero attached hydrogens (tertiary/aromatic N) is 2. The summed E-state index contributed by atoms with van der Waals surface area (Å²) in [5.41, 5.74) is 4.86. The zero-order chi connectivity index (χ0) is 20.4. The van der Waals surface area contributed by atoms with Gasteiger partial charge in [0.2, 0.25) is 5.91 Å². The molecule has 1 fully saturated rings. The van der Waals surface area contributed by atoms with Crippen molar-refractivity contribution >= 4 is 32.6 Å². The van der Waals surface area contributed by atoms with Gasteiger partial charge in [0, 0.05) is 19.6 Å². The van der Waals surface area contributed by atoms with Crippen LogP contribution in [0.3, 0.4) is 0 Å². The van der Waals surface area contributed by atoms with Gasteiger partial charge < -0.3 is 10.2 Å². The lowest BCUT2D eigenvalue weighted by Crippen LogP contribution is -2.43. The second-order valence-corrected chi connectivity index (χ2v) is 9.28. The number of anilines is 1. The average Bonchev–Trinajstić information content (AvgIpc) is 3.17. The van der Waals surface area contributed by atoms with E-state index in [1.165, 1.54) is 21.4 Å². The summed E-state index contributed by atoms with van der Waals surface area (Å²) < 4.78 is 1.24. The monoisotopic (exact) mass is 407 g/mol. The fraction of sp³-hybridized carbons (Fsp3) is 0.417. The minimum Gasteiger partial charge on any atom is -0.355 e. The Balaban J connectivity index is 1.40. The molecule has 0 saturated carbocycles. The van der Waals surface area contributed by atoms with Crippen LogP contribution in [0, 0.1) is 19.8 Å². The molecule has 1 aromatic heterocycles. The zero-order valence-electron chi connectivity index (χ0n) is 17.4. The van der Waals surface area contributed by atoms with Crippen molar-refractivity contribution in [3.63, 3.8) is 0 Å². The number of hydrogen-bond donors (Lipinski definition) is 1. The summed E-state index contributed by atoms with van der Waals surface area (Å²) in [5.74, 6) is 0.516. The first-order chi connectivity index (χ1) is 14.0. The van der Waals surface area contributed by atoms with Crippen molar-refractivity contribution < 1.29 is 4.79 Å². The van der Waals surface area contributed by atoms with Crippen molar-refractivity contribution in [1.29, 1.82) is 0 Å². The molecule has 2 aromatic carbocycles. The van der Waals surface area contributed by atoms with Crippen LogP contribution in [0.25, 0.3) is 10.2 Å². The number of hydrogen-bond acceptors (Lipinski definition) is 4. The molecule has 29 heavy (non-hydrogen) atoms. The fourth-order valence-electron chi connectivity index (χ4n) is 4.16. The van der Waals surface area contributed by atoms with Crippen LogP contribution in [0.15, 0.2) is 42.5 Å². The Morgan fingerprint density at radius 1 is 1.28 bits per heavy atom. The molecule has 2 atom stereocenters. The van der Waals surface area contributed by atoms with Crippen LogP contribution in [0.2, 0.25) is 0 Å². The number of nitrogens with one attached hydrogen (secondary N) is 1. The first-order valence-corrected chi connectivity index (χ1v) is 11.3. The fourth-order valence-corrected chi connectivity index (χ4v) is 5.33. The van der Waals surface area contributed by atoms with Gasteiger partial charge in [-0.1, -0.05) is 54.7 Å².